The molecule has 0 spiro atoms. The Kier molecular flexibility index (Phi) is 4.68. The zero-order valence-corrected chi connectivity index (χ0v) is 10.1. The summed E-state index contributed by atoms with van der Waals surface area (Å²) in [4.78, 5) is 0. The molecule has 1 aromatic rings. The smallest absolute Gasteiger partial charge is 0.184 e. The second-order valence-electron chi connectivity index (χ2n) is 4.46. The number of hydrogen-bond acceptors (Lipinski definition) is 5. The van der Waals surface area contributed by atoms with Crippen molar-refractivity contribution in [3.05, 3.63) is 35.9 Å². The van der Waals surface area contributed by atoms with Crippen LogP contribution in [0.15, 0.2) is 30.3 Å². The standard InChI is InChI=1S/C13H19NO4/c14-6-10-11(15)8-18-13(12(10)16)17-7-9-4-2-1-3-5-9/h1-5,10-13,15-16H,6-8,14H2/t10-,11+,12+,13-/m0/s1. The van der Waals surface area contributed by atoms with Crippen LogP contribution in [0.2, 0.25) is 0 Å². The predicted octanol–water partition coefficient (Wildman–Crippen LogP) is -0.144. The maximum Gasteiger partial charge on any atom is 0.184 e. The highest BCUT2D eigenvalue weighted by Crippen LogP contribution is 2.22. The Morgan fingerprint density at radius 1 is 1.28 bits per heavy atom. The number of aliphatic hydroxyl groups excluding tert-OH is 2. The quantitative estimate of drug-likeness (QED) is 0.695. The van der Waals surface area contributed by atoms with Crippen molar-refractivity contribution in [3.63, 3.8) is 0 Å². The molecule has 100 valence electrons. The van der Waals surface area contributed by atoms with Gasteiger partial charge in [-0.05, 0) is 5.56 Å². The van der Waals surface area contributed by atoms with Crippen molar-refractivity contribution < 1.29 is 19.7 Å². The van der Waals surface area contributed by atoms with E-state index in [2.05, 4.69) is 0 Å². The molecular weight excluding hydrogens is 234 g/mol. The Labute approximate surface area is 106 Å². The molecule has 1 aliphatic rings. The van der Waals surface area contributed by atoms with E-state index in [0.717, 1.165) is 5.56 Å². The molecule has 0 saturated carbocycles. The lowest BCUT2D eigenvalue weighted by Gasteiger charge is -2.37. The zero-order chi connectivity index (χ0) is 13.0. The monoisotopic (exact) mass is 253 g/mol. The highest BCUT2D eigenvalue weighted by atomic mass is 16.7. The normalized spacial score (nSPS) is 32.4. The van der Waals surface area contributed by atoms with Gasteiger partial charge in [0.25, 0.3) is 0 Å². The third-order valence-corrected chi connectivity index (χ3v) is 3.17. The van der Waals surface area contributed by atoms with Gasteiger partial charge in [0.05, 0.1) is 19.3 Å². The van der Waals surface area contributed by atoms with Crippen molar-refractivity contribution in [2.75, 3.05) is 13.2 Å². The molecule has 5 heteroatoms. The largest absolute Gasteiger partial charge is 0.390 e. The summed E-state index contributed by atoms with van der Waals surface area (Å²) in [6.45, 7) is 0.700. The molecule has 0 aliphatic carbocycles. The van der Waals surface area contributed by atoms with E-state index in [1.807, 2.05) is 30.3 Å². The lowest BCUT2D eigenvalue weighted by molar-refractivity contribution is -0.259. The average Bonchev–Trinajstić information content (AvgIpc) is 2.40. The van der Waals surface area contributed by atoms with Gasteiger partial charge in [-0.2, -0.15) is 0 Å². The maximum atomic E-state index is 9.99. The van der Waals surface area contributed by atoms with Crippen molar-refractivity contribution >= 4 is 0 Å². The topological polar surface area (TPSA) is 84.9 Å². The van der Waals surface area contributed by atoms with Gasteiger partial charge in [-0.3, -0.25) is 0 Å². The van der Waals surface area contributed by atoms with Gasteiger partial charge in [0, 0.05) is 12.5 Å². The first-order chi connectivity index (χ1) is 8.72. The Morgan fingerprint density at radius 3 is 2.67 bits per heavy atom. The predicted molar refractivity (Wildman–Crippen MR) is 65.5 cm³/mol. The number of ether oxygens (including phenoxy) is 2. The molecule has 0 amide bonds. The van der Waals surface area contributed by atoms with Gasteiger partial charge in [0.15, 0.2) is 6.29 Å². The molecule has 0 unspecified atom stereocenters. The summed E-state index contributed by atoms with van der Waals surface area (Å²) < 4.78 is 10.8. The van der Waals surface area contributed by atoms with Crippen LogP contribution in [-0.4, -0.2) is 41.9 Å². The van der Waals surface area contributed by atoms with Gasteiger partial charge >= 0.3 is 0 Å². The van der Waals surface area contributed by atoms with Crippen LogP contribution in [0.4, 0.5) is 0 Å². The molecule has 1 heterocycles. The third kappa shape index (κ3) is 3.07. The van der Waals surface area contributed by atoms with E-state index in [-0.39, 0.29) is 13.2 Å². The molecule has 18 heavy (non-hydrogen) atoms. The van der Waals surface area contributed by atoms with Crippen molar-refractivity contribution in [2.24, 2.45) is 11.7 Å². The minimum atomic E-state index is -0.900. The summed E-state index contributed by atoms with van der Waals surface area (Å²) in [6.07, 6.45) is -2.37. The minimum absolute atomic E-state index is 0.137. The first kappa shape index (κ1) is 13.5. The van der Waals surface area contributed by atoms with Crippen LogP contribution in [0.5, 0.6) is 0 Å². The van der Waals surface area contributed by atoms with E-state index in [1.54, 1.807) is 0 Å². The van der Waals surface area contributed by atoms with Crippen LogP contribution < -0.4 is 5.73 Å². The van der Waals surface area contributed by atoms with Crippen molar-refractivity contribution in [1.82, 2.24) is 0 Å². The summed E-state index contributed by atoms with van der Waals surface area (Å²) in [7, 11) is 0. The summed E-state index contributed by atoms with van der Waals surface area (Å²) in [5, 5.41) is 19.6. The molecule has 0 bridgehead atoms. The van der Waals surface area contributed by atoms with E-state index in [1.165, 1.54) is 0 Å². The Balaban J connectivity index is 1.90. The van der Waals surface area contributed by atoms with Gasteiger partial charge < -0.3 is 25.4 Å². The Hall–Kier alpha value is -0.980. The maximum absolute atomic E-state index is 9.99. The van der Waals surface area contributed by atoms with E-state index in [4.69, 9.17) is 15.2 Å². The second kappa shape index (κ2) is 6.26. The molecule has 4 N–H and O–H groups in total. The van der Waals surface area contributed by atoms with E-state index in [0.29, 0.717) is 6.61 Å². The number of benzene rings is 1. The first-order valence-corrected chi connectivity index (χ1v) is 6.05. The van der Waals surface area contributed by atoms with Gasteiger partial charge in [-0.25, -0.2) is 0 Å². The van der Waals surface area contributed by atoms with E-state index in [9.17, 15) is 10.2 Å². The number of hydrogen-bond donors (Lipinski definition) is 3. The third-order valence-electron chi connectivity index (χ3n) is 3.17. The van der Waals surface area contributed by atoms with Crippen molar-refractivity contribution in [3.8, 4) is 0 Å². The molecule has 0 aromatic heterocycles. The van der Waals surface area contributed by atoms with Gasteiger partial charge in [0.1, 0.15) is 6.10 Å². The number of aliphatic hydroxyl groups is 2. The fraction of sp³-hybridized carbons (Fsp3) is 0.538. The highest BCUT2D eigenvalue weighted by molar-refractivity contribution is 5.13. The highest BCUT2D eigenvalue weighted by Gasteiger charge is 2.38. The lowest BCUT2D eigenvalue weighted by atomic mass is 9.93. The summed E-state index contributed by atoms with van der Waals surface area (Å²) in [5.41, 5.74) is 6.53. The van der Waals surface area contributed by atoms with Gasteiger partial charge in [0.2, 0.25) is 0 Å². The average molecular weight is 253 g/mol. The van der Waals surface area contributed by atoms with Crippen LogP contribution in [0.25, 0.3) is 0 Å². The van der Waals surface area contributed by atoms with Gasteiger partial charge in [-0.15, -0.1) is 0 Å². The summed E-state index contributed by atoms with van der Waals surface area (Å²) in [6, 6.07) is 9.64. The fourth-order valence-corrected chi connectivity index (χ4v) is 2.04. The molecule has 2 rings (SSSR count). The molecule has 1 saturated heterocycles. The zero-order valence-electron chi connectivity index (χ0n) is 10.1. The molecular formula is C13H19NO4. The molecule has 0 radical (unpaired) electrons. The first-order valence-electron chi connectivity index (χ1n) is 6.05. The van der Waals surface area contributed by atoms with E-state index >= 15 is 0 Å². The van der Waals surface area contributed by atoms with E-state index < -0.39 is 24.4 Å². The van der Waals surface area contributed by atoms with Crippen LogP contribution in [-0.2, 0) is 16.1 Å². The SMILES string of the molecule is NC[C@@H]1[C@@H](O)[C@@H](OCc2ccccc2)OC[C@H]1O. The molecule has 1 aliphatic heterocycles. The molecule has 5 nitrogen and oxygen atoms in total. The van der Waals surface area contributed by atoms with Crippen molar-refractivity contribution in [1.29, 1.82) is 0 Å². The molecule has 1 fully saturated rings. The number of nitrogens with two attached hydrogens (primary N) is 1. The van der Waals surface area contributed by atoms with Crippen LogP contribution >= 0.6 is 0 Å². The fourth-order valence-electron chi connectivity index (χ4n) is 2.04. The number of rotatable bonds is 4. The second-order valence-corrected chi connectivity index (χ2v) is 4.46. The Bertz CT molecular complexity index is 359. The van der Waals surface area contributed by atoms with Crippen LogP contribution in [0.3, 0.4) is 0 Å². The lowest BCUT2D eigenvalue weighted by Crippen LogP contribution is -2.52. The minimum Gasteiger partial charge on any atom is -0.390 e. The van der Waals surface area contributed by atoms with Crippen molar-refractivity contribution in [2.45, 2.75) is 25.1 Å². The summed E-state index contributed by atoms with van der Waals surface area (Å²) >= 11 is 0. The van der Waals surface area contributed by atoms with Crippen LogP contribution in [0, 0.1) is 5.92 Å². The van der Waals surface area contributed by atoms with Crippen LogP contribution in [0.1, 0.15) is 5.56 Å². The Morgan fingerprint density at radius 2 is 2.00 bits per heavy atom. The molecule has 1 aromatic carbocycles. The van der Waals surface area contributed by atoms with Gasteiger partial charge in [-0.1, -0.05) is 30.3 Å². The summed E-state index contributed by atoms with van der Waals surface area (Å²) in [5.74, 6) is -0.403. The molecule has 4 atom stereocenters.